The van der Waals surface area contributed by atoms with Gasteiger partial charge in [-0.15, -0.1) is 11.3 Å². The molecule has 1 rings (SSSR count). The molecule has 0 amide bonds. The molecule has 0 saturated heterocycles. The molecule has 1 atom stereocenters. The van der Waals surface area contributed by atoms with E-state index in [2.05, 4.69) is 22.9 Å². The normalized spacial score (nSPS) is 13.2. The highest BCUT2D eigenvalue weighted by atomic mass is 79.9. The van der Waals surface area contributed by atoms with Crippen molar-refractivity contribution in [3.05, 3.63) is 20.8 Å². The van der Waals surface area contributed by atoms with Crippen molar-refractivity contribution in [2.24, 2.45) is 0 Å². The van der Waals surface area contributed by atoms with Gasteiger partial charge in [-0.25, -0.2) is 0 Å². The highest BCUT2D eigenvalue weighted by Crippen LogP contribution is 2.29. The van der Waals surface area contributed by atoms with Crippen molar-refractivity contribution in [2.75, 3.05) is 0 Å². The second-order valence-electron chi connectivity index (χ2n) is 3.15. The van der Waals surface area contributed by atoms with Gasteiger partial charge in [0.1, 0.15) is 0 Å². The molecule has 3 heteroatoms. The predicted molar refractivity (Wildman–Crippen MR) is 61.1 cm³/mol. The van der Waals surface area contributed by atoms with Crippen LogP contribution >= 0.6 is 27.3 Å². The molecule has 1 heterocycles. The largest absolute Gasteiger partial charge is 0.388 e. The van der Waals surface area contributed by atoms with E-state index >= 15 is 0 Å². The molecule has 0 spiro atoms. The van der Waals surface area contributed by atoms with Crippen LogP contribution in [0.25, 0.3) is 0 Å². The van der Waals surface area contributed by atoms with Crippen molar-refractivity contribution in [3.63, 3.8) is 0 Å². The first-order valence-corrected chi connectivity index (χ1v) is 6.28. The molecule has 0 aliphatic carbocycles. The SMILES string of the molecule is CCCCCC(O)c1ccc(Br)s1. The molecule has 1 N–H and O–H groups in total. The molecule has 0 radical (unpaired) electrons. The Morgan fingerprint density at radius 3 is 2.77 bits per heavy atom. The van der Waals surface area contributed by atoms with Gasteiger partial charge in [-0.05, 0) is 34.5 Å². The molecule has 1 unspecified atom stereocenters. The number of aliphatic hydroxyl groups is 1. The fourth-order valence-electron chi connectivity index (χ4n) is 1.24. The minimum atomic E-state index is -0.261. The first-order chi connectivity index (χ1) is 6.24. The number of unbranched alkanes of at least 4 members (excludes halogenated alkanes) is 2. The third kappa shape index (κ3) is 3.79. The lowest BCUT2D eigenvalue weighted by atomic mass is 10.1. The van der Waals surface area contributed by atoms with Crippen molar-refractivity contribution in [3.8, 4) is 0 Å². The highest BCUT2D eigenvalue weighted by Gasteiger charge is 2.08. The first-order valence-electron chi connectivity index (χ1n) is 4.67. The van der Waals surface area contributed by atoms with Crippen LogP contribution in [0, 0.1) is 0 Å². The summed E-state index contributed by atoms with van der Waals surface area (Å²) in [5, 5.41) is 9.75. The zero-order chi connectivity index (χ0) is 9.68. The first kappa shape index (κ1) is 11.2. The number of thiophene rings is 1. The second kappa shape index (κ2) is 5.78. The molecule has 1 nitrogen and oxygen atoms in total. The molecular weight excluding hydrogens is 248 g/mol. The molecule has 0 aliphatic heterocycles. The lowest BCUT2D eigenvalue weighted by Gasteiger charge is -2.06. The van der Waals surface area contributed by atoms with E-state index in [4.69, 9.17) is 0 Å². The molecule has 0 saturated carbocycles. The standard InChI is InChI=1S/C10H15BrOS/c1-2-3-4-5-8(12)9-6-7-10(11)13-9/h6-8,12H,2-5H2,1H3. The summed E-state index contributed by atoms with van der Waals surface area (Å²) in [5.74, 6) is 0. The van der Waals surface area contributed by atoms with Gasteiger partial charge in [-0.3, -0.25) is 0 Å². The quantitative estimate of drug-likeness (QED) is 0.792. The van der Waals surface area contributed by atoms with Gasteiger partial charge < -0.3 is 5.11 Å². The van der Waals surface area contributed by atoms with Crippen LogP contribution in [0.15, 0.2) is 15.9 Å². The van der Waals surface area contributed by atoms with Crippen molar-refractivity contribution in [1.29, 1.82) is 0 Å². The van der Waals surface area contributed by atoms with Gasteiger partial charge in [-0.2, -0.15) is 0 Å². The zero-order valence-electron chi connectivity index (χ0n) is 7.79. The molecule has 1 aromatic rings. The van der Waals surface area contributed by atoms with Gasteiger partial charge in [0.05, 0.1) is 9.89 Å². The maximum atomic E-state index is 9.75. The van der Waals surface area contributed by atoms with Gasteiger partial charge in [0.2, 0.25) is 0 Å². The van der Waals surface area contributed by atoms with E-state index in [1.807, 2.05) is 12.1 Å². The minimum Gasteiger partial charge on any atom is -0.388 e. The number of hydrogen-bond acceptors (Lipinski definition) is 2. The van der Waals surface area contributed by atoms with Gasteiger partial charge >= 0.3 is 0 Å². The number of aliphatic hydroxyl groups excluding tert-OH is 1. The molecule has 0 aromatic carbocycles. The maximum Gasteiger partial charge on any atom is 0.0882 e. The summed E-state index contributed by atoms with van der Waals surface area (Å²) in [7, 11) is 0. The summed E-state index contributed by atoms with van der Waals surface area (Å²) < 4.78 is 1.09. The fraction of sp³-hybridized carbons (Fsp3) is 0.600. The Morgan fingerprint density at radius 2 is 2.23 bits per heavy atom. The Labute approximate surface area is 91.9 Å². The van der Waals surface area contributed by atoms with E-state index in [0.29, 0.717) is 0 Å². The van der Waals surface area contributed by atoms with Crippen LogP contribution in [0.3, 0.4) is 0 Å². The second-order valence-corrected chi connectivity index (χ2v) is 5.65. The highest BCUT2D eigenvalue weighted by molar-refractivity contribution is 9.11. The van der Waals surface area contributed by atoms with E-state index in [1.165, 1.54) is 12.8 Å². The van der Waals surface area contributed by atoms with Gasteiger partial charge in [0.15, 0.2) is 0 Å². The van der Waals surface area contributed by atoms with E-state index in [1.54, 1.807) is 11.3 Å². The average molecular weight is 263 g/mol. The van der Waals surface area contributed by atoms with Gasteiger partial charge in [0.25, 0.3) is 0 Å². The van der Waals surface area contributed by atoms with Crippen LogP contribution < -0.4 is 0 Å². The molecule has 74 valence electrons. The van der Waals surface area contributed by atoms with Gasteiger partial charge in [0, 0.05) is 4.88 Å². The lowest BCUT2D eigenvalue weighted by molar-refractivity contribution is 0.167. The molecule has 0 bridgehead atoms. The Morgan fingerprint density at radius 1 is 1.46 bits per heavy atom. The van der Waals surface area contributed by atoms with Crippen LogP contribution in [0.2, 0.25) is 0 Å². The Hall–Kier alpha value is 0.140. The Balaban J connectivity index is 2.35. The van der Waals surface area contributed by atoms with E-state index in [-0.39, 0.29) is 6.10 Å². The van der Waals surface area contributed by atoms with E-state index < -0.39 is 0 Å². The molecule has 0 fully saturated rings. The van der Waals surface area contributed by atoms with Crippen LogP contribution in [0.4, 0.5) is 0 Å². The summed E-state index contributed by atoms with van der Waals surface area (Å²) >= 11 is 5.01. The third-order valence-corrected chi connectivity index (χ3v) is 3.73. The zero-order valence-corrected chi connectivity index (χ0v) is 10.2. The smallest absolute Gasteiger partial charge is 0.0882 e. The van der Waals surface area contributed by atoms with Crippen molar-refractivity contribution in [1.82, 2.24) is 0 Å². The summed E-state index contributed by atoms with van der Waals surface area (Å²) in [6.45, 7) is 2.17. The maximum absolute atomic E-state index is 9.75. The van der Waals surface area contributed by atoms with Crippen LogP contribution in [0.1, 0.15) is 43.6 Å². The number of hydrogen-bond donors (Lipinski definition) is 1. The molecule has 0 aliphatic rings. The predicted octanol–water partition coefficient (Wildman–Crippen LogP) is 4.12. The molecular formula is C10H15BrOS. The number of rotatable bonds is 5. The minimum absolute atomic E-state index is 0.261. The Kier molecular flexibility index (Phi) is 4.99. The van der Waals surface area contributed by atoms with Crippen molar-refractivity contribution in [2.45, 2.75) is 38.7 Å². The van der Waals surface area contributed by atoms with Crippen molar-refractivity contribution >= 4 is 27.3 Å². The Bertz CT molecular complexity index is 247. The van der Waals surface area contributed by atoms with Crippen molar-refractivity contribution < 1.29 is 5.11 Å². The van der Waals surface area contributed by atoms with Gasteiger partial charge in [-0.1, -0.05) is 26.2 Å². The lowest BCUT2D eigenvalue weighted by Crippen LogP contribution is -1.93. The average Bonchev–Trinajstić information content (AvgIpc) is 2.52. The summed E-state index contributed by atoms with van der Waals surface area (Å²) in [6, 6.07) is 3.98. The van der Waals surface area contributed by atoms with E-state index in [0.717, 1.165) is 21.5 Å². The number of halogens is 1. The van der Waals surface area contributed by atoms with Crippen LogP contribution in [-0.4, -0.2) is 5.11 Å². The van der Waals surface area contributed by atoms with Crippen LogP contribution in [-0.2, 0) is 0 Å². The van der Waals surface area contributed by atoms with Crippen LogP contribution in [0.5, 0.6) is 0 Å². The molecule has 1 aromatic heterocycles. The summed E-state index contributed by atoms with van der Waals surface area (Å²) in [6.07, 6.45) is 4.17. The third-order valence-electron chi connectivity index (χ3n) is 2.00. The summed E-state index contributed by atoms with van der Waals surface area (Å²) in [5.41, 5.74) is 0. The fourth-order valence-corrected chi connectivity index (χ4v) is 2.68. The van der Waals surface area contributed by atoms with E-state index in [9.17, 15) is 5.11 Å². The monoisotopic (exact) mass is 262 g/mol. The topological polar surface area (TPSA) is 20.2 Å². The molecule has 13 heavy (non-hydrogen) atoms. The summed E-state index contributed by atoms with van der Waals surface area (Å²) in [4.78, 5) is 1.07.